The monoisotopic (exact) mass is 564 g/mol. The van der Waals surface area contributed by atoms with Crippen molar-refractivity contribution in [3.05, 3.63) is 110 Å². The van der Waals surface area contributed by atoms with Crippen LogP contribution >= 0.6 is 39.3 Å². The molecule has 4 aromatic rings. The molecule has 2 heterocycles. The number of thioether (sulfide) groups is 1. The van der Waals surface area contributed by atoms with Crippen molar-refractivity contribution in [2.45, 2.75) is 19.4 Å². The molecule has 1 aliphatic heterocycles. The molecule has 0 bridgehead atoms. The van der Waals surface area contributed by atoms with Crippen LogP contribution in [-0.4, -0.2) is 27.2 Å². The molecule has 176 valence electrons. The molecule has 0 spiro atoms. The average molecular weight is 566 g/mol. The summed E-state index contributed by atoms with van der Waals surface area (Å²) in [5, 5.41) is 1.50. The largest absolute Gasteiger partial charge is 0.342 e. The van der Waals surface area contributed by atoms with E-state index >= 15 is 0 Å². The van der Waals surface area contributed by atoms with E-state index in [-0.39, 0.29) is 11.1 Å². The zero-order valence-electron chi connectivity index (χ0n) is 18.8. The zero-order valence-corrected chi connectivity index (χ0v) is 21.9. The number of hydrogen-bond donors (Lipinski definition) is 0. The highest BCUT2D eigenvalue weighted by Crippen LogP contribution is 2.35. The number of carbonyl (C=O) groups is 2. The Labute approximate surface area is 221 Å². The minimum atomic E-state index is -0.227. The van der Waals surface area contributed by atoms with Crippen molar-refractivity contribution in [1.82, 2.24) is 9.47 Å². The van der Waals surface area contributed by atoms with Crippen LogP contribution in [-0.2, 0) is 17.8 Å². The second-order valence-electron chi connectivity index (χ2n) is 8.39. The minimum Gasteiger partial charge on any atom is -0.342 e. The van der Waals surface area contributed by atoms with Crippen LogP contribution in [0.3, 0.4) is 0 Å². The molecule has 0 N–H and O–H groups in total. The van der Waals surface area contributed by atoms with Crippen molar-refractivity contribution in [2.75, 3.05) is 6.54 Å². The topological polar surface area (TPSA) is 42.3 Å². The number of carbonyl (C=O) groups excluding carboxylic acids is 2. The summed E-state index contributed by atoms with van der Waals surface area (Å²) in [7, 11) is 0. The predicted molar refractivity (Wildman–Crippen MR) is 148 cm³/mol. The van der Waals surface area contributed by atoms with E-state index in [1.165, 1.54) is 10.5 Å². The second-order valence-corrected chi connectivity index (χ2v) is 10.7. The molecule has 5 rings (SSSR count). The summed E-state index contributed by atoms with van der Waals surface area (Å²) in [4.78, 5) is 27.5. The van der Waals surface area contributed by atoms with E-state index in [1.807, 2.05) is 72.9 Å². The number of aromatic nitrogens is 1. The molecule has 4 nitrogen and oxygen atoms in total. The van der Waals surface area contributed by atoms with E-state index < -0.39 is 0 Å². The highest BCUT2D eigenvalue weighted by molar-refractivity contribution is 9.10. The van der Waals surface area contributed by atoms with Gasteiger partial charge in [-0.05, 0) is 66.1 Å². The van der Waals surface area contributed by atoms with Crippen LogP contribution in [0.25, 0.3) is 17.0 Å². The van der Waals surface area contributed by atoms with Crippen molar-refractivity contribution in [2.24, 2.45) is 0 Å². The van der Waals surface area contributed by atoms with Crippen molar-refractivity contribution in [1.29, 1.82) is 0 Å². The number of halogens is 2. The highest BCUT2D eigenvalue weighted by atomic mass is 79.9. The van der Waals surface area contributed by atoms with Crippen molar-refractivity contribution >= 4 is 67.4 Å². The van der Waals surface area contributed by atoms with Crippen LogP contribution in [0.4, 0.5) is 4.79 Å². The average Bonchev–Trinajstić information content (AvgIpc) is 3.32. The van der Waals surface area contributed by atoms with Gasteiger partial charge >= 0.3 is 0 Å². The number of rotatable bonds is 7. The van der Waals surface area contributed by atoms with E-state index in [0.29, 0.717) is 23.0 Å². The third-order valence-electron chi connectivity index (χ3n) is 6.02. The molecular formula is C28H22BrClN2O2S. The number of fused-ring (bicyclic) bond motifs is 1. The standard InChI is InChI=1S/C28H22BrClN2O2S/c29-22-12-13-25-23(16-22)21(18-31(25)17-20-10-4-5-11-24(20)30)15-26-27(33)32(28(34)35-26)14-6-9-19-7-2-1-3-8-19/h1-5,7-8,10-13,15-16,18H,6,9,14,17H2/b26-15-. The van der Waals surface area contributed by atoms with E-state index in [0.717, 1.165) is 51.1 Å². The fourth-order valence-corrected chi connectivity index (χ4v) is 5.69. The third-order valence-corrected chi connectivity index (χ3v) is 7.79. The smallest absolute Gasteiger partial charge is 0.293 e. The van der Waals surface area contributed by atoms with Gasteiger partial charge in [-0.2, -0.15) is 0 Å². The quantitative estimate of drug-likeness (QED) is 0.215. The van der Waals surface area contributed by atoms with Gasteiger partial charge in [-0.25, -0.2) is 0 Å². The number of amides is 2. The lowest BCUT2D eigenvalue weighted by Gasteiger charge is -2.12. The van der Waals surface area contributed by atoms with Gasteiger partial charge in [0.2, 0.25) is 0 Å². The molecular weight excluding hydrogens is 544 g/mol. The van der Waals surface area contributed by atoms with Crippen molar-refractivity contribution < 1.29 is 9.59 Å². The Bertz CT molecular complexity index is 1450. The molecule has 7 heteroatoms. The number of aryl methyl sites for hydroxylation is 1. The summed E-state index contributed by atoms with van der Waals surface area (Å²) < 4.78 is 3.07. The summed E-state index contributed by atoms with van der Waals surface area (Å²) in [6.07, 6.45) is 5.41. The first kappa shape index (κ1) is 23.9. The third kappa shape index (κ3) is 5.25. The molecule has 0 aliphatic carbocycles. The van der Waals surface area contributed by atoms with Crippen LogP contribution in [0.15, 0.2) is 88.4 Å². The molecule has 1 aliphatic rings. The Hall–Kier alpha value is -2.80. The Balaban J connectivity index is 1.40. The predicted octanol–water partition coefficient (Wildman–Crippen LogP) is 7.77. The summed E-state index contributed by atoms with van der Waals surface area (Å²) in [6, 6.07) is 23.9. The lowest BCUT2D eigenvalue weighted by atomic mass is 10.1. The van der Waals surface area contributed by atoms with E-state index in [1.54, 1.807) is 0 Å². The Morgan fingerprint density at radius 3 is 2.54 bits per heavy atom. The zero-order chi connectivity index (χ0) is 24.4. The molecule has 35 heavy (non-hydrogen) atoms. The number of benzene rings is 3. The minimum absolute atomic E-state index is 0.213. The Kier molecular flexibility index (Phi) is 7.14. The lowest BCUT2D eigenvalue weighted by Crippen LogP contribution is -2.29. The molecule has 2 amide bonds. The van der Waals surface area contributed by atoms with Crippen LogP contribution in [0.5, 0.6) is 0 Å². The molecule has 0 saturated carbocycles. The number of imide groups is 1. The molecule has 1 aromatic heterocycles. The molecule has 1 fully saturated rings. The van der Waals surface area contributed by atoms with Gasteiger partial charge in [0, 0.05) is 45.2 Å². The summed E-state index contributed by atoms with van der Waals surface area (Å²) >= 11 is 11.0. The summed E-state index contributed by atoms with van der Waals surface area (Å²) in [5.41, 5.74) is 4.13. The first-order valence-electron chi connectivity index (χ1n) is 11.3. The number of nitrogens with zero attached hydrogens (tertiary/aromatic N) is 2. The summed E-state index contributed by atoms with van der Waals surface area (Å²) in [5.74, 6) is -0.227. The maximum Gasteiger partial charge on any atom is 0.293 e. The molecule has 0 radical (unpaired) electrons. The first-order valence-corrected chi connectivity index (χ1v) is 13.3. The van der Waals surface area contributed by atoms with E-state index in [2.05, 4.69) is 32.6 Å². The van der Waals surface area contributed by atoms with Gasteiger partial charge in [0.1, 0.15) is 0 Å². The second kappa shape index (κ2) is 10.4. The fourth-order valence-electron chi connectivity index (χ4n) is 4.27. The molecule has 0 unspecified atom stereocenters. The lowest BCUT2D eigenvalue weighted by molar-refractivity contribution is -0.122. The normalized spacial score (nSPS) is 15.0. The number of hydrogen-bond acceptors (Lipinski definition) is 3. The Morgan fingerprint density at radius 1 is 0.971 bits per heavy atom. The van der Waals surface area contributed by atoms with Gasteiger partial charge in [-0.3, -0.25) is 14.5 Å². The SMILES string of the molecule is O=C1S/C(=C\c2cn(Cc3ccccc3Cl)c3ccc(Br)cc23)C(=O)N1CCCc1ccccc1. The van der Waals surface area contributed by atoms with E-state index in [9.17, 15) is 9.59 Å². The van der Waals surface area contributed by atoms with Gasteiger partial charge in [0.25, 0.3) is 11.1 Å². The molecule has 0 atom stereocenters. The van der Waals surface area contributed by atoms with Crippen LogP contribution < -0.4 is 0 Å². The van der Waals surface area contributed by atoms with Gasteiger partial charge < -0.3 is 4.57 Å². The van der Waals surface area contributed by atoms with E-state index in [4.69, 9.17) is 11.6 Å². The summed E-state index contributed by atoms with van der Waals surface area (Å²) in [6.45, 7) is 1.02. The van der Waals surface area contributed by atoms with Gasteiger partial charge in [-0.15, -0.1) is 0 Å². The van der Waals surface area contributed by atoms with Gasteiger partial charge in [0.15, 0.2) is 0 Å². The maximum atomic E-state index is 13.1. The van der Waals surface area contributed by atoms with Crippen LogP contribution in [0, 0.1) is 0 Å². The fraction of sp³-hybridized carbons (Fsp3) is 0.143. The first-order chi connectivity index (χ1) is 17.0. The molecule has 3 aromatic carbocycles. The van der Waals surface area contributed by atoms with Crippen LogP contribution in [0.2, 0.25) is 5.02 Å². The van der Waals surface area contributed by atoms with Gasteiger partial charge in [0.05, 0.1) is 4.91 Å². The molecule has 1 saturated heterocycles. The van der Waals surface area contributed by atoms with Crippen LogP contribution in [0.1, 0.15) is 23.1 Å². The van der Waals surface area contributed by atoms with Gasteiger partial charge in [-0.1, -0.05) is 76.1 Å². The van der Waals surface area contributed by atoms with Crippen molar-refractivity contribution in [3.8, 4) is 0 Å². The Morgan fingerprint density at radius 2 is 1.74 bits per heavy atom. The maximum absolute atomic E-state index is 13.1. The van der Waals surface area contributed by atoms with Crippen molar-refractivity contribution in [3.63, 3.8) is 0 Å². The highest BCUT2D eigenvalue weighted by Gasteiger charge is 2.34.